The number of hydrogen-bond donors (Lipinski definition) is 0. The van der Waals surface area contributed by atoms with Gasteiger partial charge in [0.2, 0.25) is 4.96 Å². The molecule has 0 spiro atoms. The third kappa shape index (κ3) is 2.09. The summed E-state index contributed by atoms with van der Waals surface area (Å²) in [4.78, 5) is 9.03. The second-order valence-corrected chi connectivity index (χ2v) is 5.40. The van der Waals surface area contributed by atoms with E-state index in [2.05, 4.69) is 25.3 Å². The molecule has 0 aliphatic rings. The number of fused-ring (bicyclic) bond motifs is 1. The van der Waals surface area contributed by atoms with E-state index in [-0.39, 0.29) is 0 Å². The molecular formula is C14H10N6OS. The lowest BCUT2D eigenvalue weighted by Gasteiger charge is -2.01. The van der Waals surface area contributed by atoms with Crippen LogP contribution in [0.3, 0.4) is 0 Å². The van der Waals surface area contributed by atoms with Gasteiger partial charge in [-0.1, -0.05) is 23.5 Å². The summed E-state index contributed by atoms with van der Waals surface area (Å²) in [6.45, 7) is 0. The Morgan fingerprint density at radius 2 is 2.14 bits per heavy atom. The van der Waals surface area contributed by atoms with E-state index in [0.717, 1.165) is 22.0 Å². The standard InChI is InChI=1S/C14H10N6OS/c1-21-10-4-2-3-9(7-10)12-17-18-14-20(12)19-13(22-14)11-8-15-5-6-16-11/h2-8H,1H3. The van der Waals surface area contributed by atoms with Crippen LogP contribution in [0.15, 0.2) is 42.9 Å². The minimum Gasteiger partial charge on any atom is -0.497 e. The smallest absolute Gasteiger partial charge is 0.235 e. The van der Waals surface area contributed by atoms with E-state index in [9.17, 15) is 0 Å². The monoisotopic (exact) mass is 310 g/mol. The molecule has 0 atom stereocenters. The van der Waals surface area contributed by atoms with Crippen LogP contribution in [0.1, 0.15) is 0 Å². The number of rotatable bonds is 3. The minimum absolute atomic E-state index is 0.667. The largest absolute Gasteiger partial charge is 0.497 e. The number of ether oxygens (including phenoxy) is 1. The maximum Gasteiger partial charge on any atom is 0.235 e. The molecule has 7 nitrogen and oxygen atoms in total. The summed E-state index contributed by atoms with van der Waals surface area (Å²) < 4.78 is 6.96. The van der Waals surface area contributed by atoms with Crippen molar-refractivity contribution in [2.75, 3.05) is 7.11 Å². The predicted molar refractivity (Wildman–Crippen MR) is 81.7 cm³/mol. The zero-order valence-electron chi connectivity index (χ0n) is 11.5. The average Bonchev–Trinajstić information content (AvgIpc) is 3.16. The van der Waals surface area contributed by atoms with Gasteiger partial charge >= 0.3 is 0 Å². The molecule has 0 bridgehead atoms. The Balaban J connectivity index is 1.84. The predicted octanol–water partition coefficient (Wildman–Crippen LogP) is 2.32. The molecule has 0 radical (unpaired) electrons. The Morgan fingerprint density at radius 3 is 2.95 bits per heavy atom. The first-order valence-electron chi connectivity index (χ1n) is 6.48. The first-order valence-corrected chi connectivity index (χ1v) is 7.30. The number of hydrogen-bond acceptors (Lipinski definition) is 7. The maximum absolute atomic E-state index is 5.25. The molecule has 0 unspecified atom stereocenters. The molecular weight excluding hydrogens is 300 g/mol. The molecule has 1 aromatic carbocycles. The van der Waals surface area contributed by atoms with Gasteiger partial charge in [-0.05, 0) is 12.1 Å². The van der Waals surface area contributed by atoms with Gasteiger partial charge in [0.15, 0.2) is 10.8 Å². The number of methoxy groups -OCH3 is 1. The molecule has 3 heterocycles. The molecule has 4 aromatic rings. The van der Waals surface area contributed by atoms with Crippen molar-refractivity contribution in [1.82, 2.24) is 29.8 Å². The Kier molecular flexibility index (Phi) is 3.01. The summed E-state index contributed by atoms with van der Waals surface area (Å²) in [5.74, 6) is 1.43. The second kappa shape index (κ2) is 5.15. The molecule has 22 heavy (non-hydrogen) atoms. The molecule has 8 heteroatoms. The van der Waals surface area contributed by atoms with Gasteiger partial charge in [0.25, 0.3) is 0 Å². The molecule has 0 aliphatic heterocycles. The van der Waals surface area contributed by atoms with E-state index >= 15 is 0 Å². The van der Waals surface area contributed by atoms with Gasteiger partial charge in [0, 0.05) is 18.0 Å². The molecule has 3 aromatic heterocycles. The Bertz CT molecular complexity index is 933. The summed E-state index contributed by atoms with van der Waals surface area (Å²) in [6, 6.07) is 7.64. The zero-order chi connectivity index (χ0) is 14.9. The van der Waals surface area contributed by atoms with Crippen molar-refractivity contribution < 1.29 is 4.74 Å². The second-order valence-electron chi connectivity index (χ2n) is 4.45. The normalized spacial score (nSPS) is 11.0. The van der Waals surface area contributed by atoms with E-state index in [1.54, 1.807) is 30.2 Å². The first kappa shape index (κ1) is 12.8. The highest BCUT2D eigenvalue weighted by Crippen LogP contribution is 2.27. The highest BCUT2D eigenvalue weighted by molar-refractivity contribution is 7.19. The van der Waals surface area contributed by atoms with Crippen LogP contribution in [0.5, 0.6) is 5.75 Å². The third-order valence-corrected chi connectivity index (χ3v) is 4.02. The van der Waals surface area contributed by atoms with Gasteiger partial charge < -0.3 is 4.74 Å². The Hall–Kier alpha value is -2.87. The van der Waals surface area contributed by atoms with Crippen LogP contribution in [-0.2, 0) is 0 Å². The zero-order valence-corrected chi connectivity index (χ0v) is 12.4. The molecule has 4 rings (SSSR count). The lowest BCUT2D eigenvalue weighted by molar-refractivity contribution is 0.415. The Morgan fingerprint density at radius 1 is 1.18 bits per heavy atom. The molecule has 108 valence electrons. The van der Waals surface area contributed by atoms with E-state index in [0.29, 0.717) is 10.8 Å². The average molecular weight is 310 g/mol. The van der Waals surface area contributed by atoms with Crippen molar-refractivity contribution in [2.24, 2.45) is 0 Å². The molecule has 0 saturated carbocycles. The van der Waals surface area contributed by atoms with Gasteiger partial charge in [0.05, 0.1) is 13.3 Å². The summed E-state index contributed by atoms with van der Waals surface area (Å²) in [5.41, 5.74) is 1.61. The van der Waals surface area contributed by atoms with Crippen molar-refractivity contribution in [1.29, 1.82) is 0 Å². The van der Waals surface area contributed by atoms with Crippen molar-refractivity contribution in [3.8, 4) is 27.8 Å². The van der Waals surface area contributed by atoms with Crippen LogP contribution in [0.2, 0.25) is 0 Å². The highest BCUT2D eigenvalue weighted by Gasteiger charge is 2.15. The van der Waals surface area contributed by atoms with Crippen molar-refractivity contribution in [3.05, 3.63) is 42.9 Å². The Labute approximate surface area is 129 Å². The van der Waals surface area contributed by atoms with Crippen LogP contribution in [0.25, 0.3) is 27.1 Å². The van der Waals surface area contributed by atoms with E-state index < -0.39 is 0 Å². The van der Waals surface area contributed by atoms with Crippen LogP contribution in [0.4, 0.5) is 0 Å². The minimum atomic E-state index is 0.667. The van der Waals surface area contributed by atoms with Crippen molar-refractivity contribution in [2.45, 2.75) is 0 Å². The molecule has 0 amide bonds. The van der Waals surface area contributed by atoms with E-state index in [1.165, 1.54) is 11.3 Å². The third-order valence-electron chi connectivity index (χ3n) is 3.10. The summed E-state index contributed by atoms with van der Waals surface area (Å²) in [6.07, 6.45) is 4.95. The number of nitrogens with zero attached hydrogens (tertiary/aromatic N) is 6. The summed E-state index contributed by atoms with van der Waals surface area (Å²) >= 11 is 1.42. The van der Waals surface area contributed by atoms with E-state index in [1.807, 2.05) is 24.3 Å². The van der Waals surface area contributed by atoms with Crippen LogP contribution < -0.4 is 4.74 Å². The fraction of sp³-hybridized carbons (Fsp3) is 0.0714. The molecule has 0 saturated heterocycles. The van der Waals surface area contributed by atoms with Gasteiger partial charge in [0.1, 0.15) is 11.4 Å². The van der Waals surface area contributed by atoms with Crippen molar-refractivity contribution >= 4 is 16.3 Å². The van der Waals surface area contributed by atoms with Crippen molar-refractivity contribution in [3.63, 3.8) is 0 Å². The van der Waals surface area contributed by atoms with Crippen LogP contribution >= 0.6 is 11.3 Å². The van der Waals surface area contributed by atoms with Gasteiger partial charge in [-0.3, -0.25) is 9.97 Å². The van der Waals surface area contributed by atoms with Crippen LogP contribution in [-0.4, -0.2) is 36.9 Å². The lowest BCUT2D eigenvalue weighted by atomic mass is 10.2. The van der Waals surface area contributed by atoms with E-state index in [4.69, 9.17) is 4.74 Å². The number of aromatic nitrogens is 6. The lowest BCUT2D eigenvalue weighted by Crippen LogP contribution is -1.92. The van der Waals surface area contributed by atoms with Crippen LogP contribution in [0, 0.1) is 0 Å². The first-order chi connectivity index (χ1) is 10.8. The highest BCUT2D eigenvalue weighted by atomic mass is 32.1. The van der Waals surface area contributed by atoms with Gasteiger partial charge in [-0.15, -0.1) is 10.2 Å². The van der Waals surface area contributed by atoms with Gasteiger partial charge in [-0.2, -0.15) is 9.61 Å². The number of benzene rings is 1. The molecule has 0 aliphatic carbocycles. The summed E-state index contributed by atoms with van der Waals surface area (Å²) in [7, 11) is 1.63. The fourth-order valence-electron chi connectivity index (χ4n) is 2.07. The SMILES string of the molecule is COc1cccc(-c2nnc3sc(-c4cnccn4)nn23)c1. The molecule has 0 N–H and O–H groups in total. The van der Waals surface area contributed by atoms with Gasteiger partial charge in [-0.25, -0.2) is 0 Å². The molecule has 0 fully saturated rings. The summed E-state index contributed by atoms with van der Waals surface area (Å²) in [5, 5.41) is 13.7. The topological polar surface area (TPSA) is 78.1 Å². The fourth-order valence-corrected chi connectivity index (χ4v) is 2.87. The maximum atomic E-state index is 5.25. The quantitative estimate of drug-likeness (QED) is 0.578.